The number of ether oxygens (including phenoxy) is 1. The molecule has 0 bridgehead atoms. The first kappa shape index (κ1) is 18.9. The summed E-state index contributed by atoms with van der Waals surface area (Å²) >= 11 is 1.36. The molecule has 1 aromatic heterocycles. The number of carbonyl (C=O) groups is 1. The van der Waals surface area contributed by atoms with Crippen LogP contribution in [0.15, 0.2) is 29.6 Å². The van der Waals surface area contributed by atoms with Crippen molar-refractivity contribution in [1.29, 1.82) is 0 Å². The van der Waals surface area contributed by atoms with Crippen LogP contribution in [0.2, 0.25) is 0 Å². The van der Waals surface area contributed by atoms with Crippen molar-refractivity contribution in [2.24, 2.45) is 0 Å². The molecule has 1 fully saturated rings. The molecule has 1 aromatic carbocycles. The van der Waals surface area contributed by atoms with Crippen LogP contribution in [0, 0.1) is 5.82 Å². The first-order valence-corrected chi connectivity index (χ1v) is 9.82. The molecule has 1 N–H and O–H groups in total. The van der Waals surface area contributed by atoms with Crippen LogP contribution in [0.3, 0.4) is 0 Å². The Hall–Kier alpha value is -1.83. The molecule has 1 atom stereocenters. The van der Waals surface area contributed by atoms with Crippen molar-refractivity contribution in [1.82, 2.24) is 15.2 Å². The Labute approximate surface area is 157 Å². The fourth-order valence-corrected chi connectivity index (χ4v) is 3.81. The molecule has 0 radical (unpaired) electrons. The van der Waals surface area contributed by atoms with Gasteiger partial charge in [0.25, 0.3) is 0 Å². The number of carbonyl (C=O) groups excluding carboxylic acids is 1. The summed E-state index contributed by atoms with van der Waals surface area (Å²) in [5.41, 5.74) is 1.15. The fraction of sp³-hybridized carbons (Fsp3) is 0.474. The smallest absolute Gasteiger partial charge is 0.226 e. The van der Waals surface area contributed by atoms with Gasteiger partial charge >= 0.3 is 0 Å². The van der Waals surface area contributed by atoms with E-state index < -0.39 is 0 Å². The van der Waals surface area contributed by atoms with Gasteiger partial charge in [-0.05, 0) is 18.6 Å². The quantitative estimate of drug-likeness (QED) is 0.806. The second kappa shape index (κ2) is 9.21. The number of hydrogen-bond donors (Lipinski definition) is 1. The number of morpholine rings is 1. The summed E-state index contributed by atoms with van der Waals surface area (Å²) in [5, 5.41) is 5.52. The maximum atomic E-state index is 13.9. The third-order valence-corrected chi connectivity index (χ3v) is 5.36. The molecule has 0 spiro atoms. The van der Waals surface area contributed by atoms with E-state index in [1.54, 1.807) is 18.2 Å². The maximum Gasteiger partial charge on any atom is 0.226 e. The summed E-state index contributed by atoms with van der Waals surface area (Å²) in [5.74, 6) is -0.343. The molecule has 0 aliphatic carbocycles. The van der Waals surface area contributed by atoms with E-state index in [2.05, 4.69) is 22.1 Å². The molecule has 3 rings (SSSR count). The lowest BCUT2D eigenvalue weighted by Gasteiger charge is -2.30. The molecule has 0 unspecified atom stereocenters. The van der Waals surface area contributed by atoms with E-state index in [1.165, 1.54) is 17.4 Å². The largest absolute Gasteiger partial charge is 0.379 e. The molecule has 1 aliphatic rings. The summed E-state index contributed by atoms with van der Waals surface area (Å²) in [6.07, 6.45) is 1.09. The highest BCUT2D eigenvalue weighted by atomic mass is 32.1. The molecule has 140 valence electrons. The van der Waals surface area contributed by atoms with Gasteiger partial charge in [-0.15, -0.1) is 11.3 Å². The van der Waals surface area contributed by atoms with Crippen molar-refractivity contribution in [2.75, 3.05) is 32.8 Å². The van der Waals surface area contributed by atoms with Crippen molar-refractivity contribution in [3.05, 3.63) is 41.2 Å². The number of aromatic nitrogens is 1. The van der Waals surface area contributed by atoms with E-state index in [-0.39, 0.29) is 24.2 Å². The minimum absolute atomic E-state index is 0.0458. The third-order valence-electron chi connectivity index (χ3n) is 4.44. The Morgan fingerprint density at radius 2 is 2.15 bits per heavy atom. The average molecular weight is 377 g/mol. The van der Waals surface area contributed by atoms with E-state index in [1.807, 2.05) is 5.38 Å². The Bertz CT molecular complexity index is 731. The zero-order valence-electron chi connectivity index (χ0n) is 14.9. The van der Waals surface area contributed by atoms with Gasteiger partial charge in [-0.2, -0.15) is 0 Å². The Kier molecular flexibility index (Phi) is 6.71. The highest BCUT2D eigenvalue weighted by molar-refractivity contribution is 7.13. The van der Waals surface area contributed by atoms with Crippen LogP contribution in [0.4, 0.5) is 4.39 Å². The van der Waals surface area contributed by atoms with Crippen molar-refractivity contribution < 1.29 is 13.9 Å². The number of hydrogen-bond acceptors (Lipinski definition) is 5. The number of rotatable bonds is 7. The van der Waals surface area contributed by atoms with Gasteiger partial charge < -0.3 is 10.1 Å². The van der Waals surface area contributed by atoms with Gasteiger partial charge in [0.2, 0.25) is 5.91 Å². The van der Waals surface area contributed by atoms with E-state index >= 15 is 0 Å². The molecule has 0 saturated carbocycles. The van der Waals surface area contributed by atoms with E-state index in [4.69, 9.17) is 4.74 Å². The summed E-state index contributed by atoms with van der Waals surface area (Å²) in [7, 11) is 0. The van der Waals surface area contributed by atoms with Crippen LogP contribution in [-0.2, 0) is 16.0 Å². The van der Waals surface area contributed by atoms with Gasteiger partial charge in [-0.1, -0.05) is 19.1 Å². The molecule has 1 aliphatic heterocycles. The molecule has 5 nitrogen and oxygen atoms in total. The molecule has 7 heteroatoms. The number of thiazole rings is 1. The Balaban J connectivity index is 1.55. The predicted molar refractivity (Wildman–Crippen MR) is 101 cm³/mol. The van der Waals surface area contributed by atoms with Gasteiger partial charge in [0.1, 0.15) is 10.8 Å². The molecular formula is C19H24FN3O2S. The molecule has 2 aromatic rings. The minimum atomic E-state index is -0.297. The fourth-order valence-electron chi connectivity index (χ4n) is 2.96. The zero-order chi connectivity index (χ0) is 18.4. The minimum Gasteiger partial charge on any atom is -0.379 e. The Morgan fingerprint density at radius 1 is 1.38 bits per heavy atom. The maximum absolute atomic E-state index is 13.9. The zero-order valence-corrected chi connectivity index (χ0v) is 15.7. The second-order valence-electron chi connectivity index (χ2n) is 6.39. The highest BCUT2D eigenvalue weighted by Gasteiger charge is 2.18. The highest BCUT2D eigenvalue weighted by Crippen LogP contribution is 2.26. The molecular weight excluding hydrogens is 353 g/mol. The molecule has 1 saturated heterocycles. The number of benzene rings is 1. The Morgan fingerprint density at radius 3 is 2.88 bits per heavy atom. The van der Waals surface area contributed by atoms with Gasteiger partial charge in [-0.25, -0.2) is 9.37 Å². The van der Waals surface area contributed by atoms with Crippen LogP contribution in [0.5, 0.6) is 0 Å². The topological polar surface area (TPSA) is 54.5 Å². The van der Waals surface area contributed by atoms with Crippen LogP contribution >= 0.6 is 11.3 Å². The normalized spacial score (nSPS) is 16.4. The standard InChI is InChI=1S/C19H24FN3O2S/c1-2-14(12-23-7-9-25-10-8-23)21-18(24)11-15-13-26-19(22-15)16-5-3-4-6-17(16)20/h3-6,13-14H,2,7-12H2,1H3,(H,21,24)/t14-/m1/s1. The number of halogens is 1. The van der Waals surface area contributed by atoms with Crippen LogP contribution < -0.4 is 5.32 Å². The van der Waals surface area contributed by atoms with Gasteiger partial charge in [0.15, 0.2) is 0 Å². The molecule has 26 heavy (non-hydrogen) atoms. The van der Waals surface area contributed by atoms with E-state index in [9.17, 15) is 9.18 Å². The lowest BCUT2D eigenvalue weighted by molar-refractivity contribution is -0.121. The summed E-state index contributed by atoms with van der Waals surface area (Å²) in [4.78, 5) is 19.1. The van der Waals surface area contributed by atoms with Crippen LogP contribution in [0.25, 0.3) is 10.6 Å². The van der Waals surface area contributed by atoms with E-state index in [0.717, 1.165) is 39.3 Å². The summed E-state index contributed by atoms with van der Waals surface area (Å²) < 4.78 is 19.2. The van der Waals surface area contributed by atoms with Crippen molar-refractivity contribution >= 4 is 17.2 Å². The molecule has 1 amide bonds. The lowest BCUT2D eigenvalue weighted by atomic mass is 10.2. The van der Waals surface area contributed by atoms with Gasteiger partial charge in [-0.3, -0.25) is 9.69 Å². The summed E-state index contributed by atoms with van der Waals surface area (Å²) in [6, 6.07) is 6.67. The first-order valence-electron chi connectivity index (χ1n) is 8.94. The van der Waals surface area contributed by atoms with Crippen molar-refractivity contribution in [3.8, 4) is 10.6 Å². The number of nitrogens with zero attached hydrogens (tertiary/aromatic N) is 2. The van der Waals surface area contributed by atoms with Gasteiger partial charge in [0.05, 0.1) is 25.3 Å². The average Bonchev–Trinajstić information content (AvgIpc) is 3.10. The van der Waals surface area contributed by atoms with E-state index in [0.29, 0.717) is 16.3 Å². The van der Waals surface area contributed by atoms with Crippen molar-refractivity contribution in [2.45, 2.75) is 25.8 Å². The predicted octanol–water partition coefficient (Wildman–Crippen LogP) is 2.72. The second-order valence-corrected chi connectivity index (χ2v) is 7.24. The van der Waals surface area contributed by atoms with Gasteiger partial charge in [0, 0.05) is 36.6 Å². The van der Waals surface area contributed by atoms with Crippen LogP contribution in [-0.4, -0.2) is 54.7 Å². The first-order chi connectivity index (χ1) is 12.7. The lowest BCUT2D eigenvalue weighted by Crippen LogP contribution is -2.47. The number of nitrogens with one attached hydrogen (secondary N) is 1. The third kappa shape index (κ3) is 5.09. The summed E-state index contributed by atoms with van der Waals surface area (Å²) in [6.45, 7) is 6.23. The van der Waals surface area contributed by atoms with Crippen molar-refractivity contribution in [3.63, 3.8) is 0 Å². The SMILES string of the molecule is CC[C@H](CN1CCOCC1)NC(=O)Cc1csc(-c2ccccc2F)n1. The van der Waals surface area contributed by atoms with Crippen LogP contribution in [0.1, 0.15) is 19.0 Å². The molecule has 2 heterocycles. The monoisotopic (exact) mass is 377 g/mol. The number of amides is 1.